The zero-order chi connectivity index (χ0) is 15.6. The Morgan fingerprint density at radius 3 is 1.86 bits per heavy atom. The average molecular weight is 285 g/mol. The molecule has 4 nitrogen and oxygen atoms in total. The highest BCUT2D eigenvalue weighted by Gasteiger charge is 2.30. The van der Waals surface area contributed by atoms with Crippen LogP contribution in [-0.4, -0.2) is 30.6 Å². The van der Waals surface area contributed by atoms with E-state index in [-0.39, 0.29) is 17.5 Å². The molecule has 0 aliphatic carbocycles. The zero-order valence-corrected chi connectivity index (χ0v) is 12.7. The predicted octanol–water partition coefficient (Wildman–Crippen LogP) is 2.67. The van der Waals surface area contributed by atoms with Gasteiger partial charge in [-0.2, -0.15) is 0 Å². The summed E-state index contributed by atoms with van der Waals surface area (Å²) in [5.41, 5.74) is 2.15. The first-order valence-corrected chi connectivity index (χ1v) is 6.75. The molecule has 1 heterocycles. The van der Waals surface area contributed by atoms with Crippen LogP contribution in [-0.2, 0) is 9.59 Å². The Balaban J connectivity index is 2.52. The Labute approximate surface area is 124 Å². The van der Waals surface area contributed by atoms with Crippen molar-refractivity contribution in [2.24, 2.45) is 0 Å². The first-order chi connectivity index (χ1) is 9.93. The summed E-state index contributed by atoms with van der Waals surface area (Å²) in [4.78, 5) is 25.7. The van der Waals surface area contributed by atoms with Gasteiger partial charge in [0.05, 0.1) is 7.11 Å². The Kier molecular flexibility index (Phi) is 4.26. The number of hydrogen-bond acceptors (Lipinski definition) is 4. The molecule has 0 aromatic heterocycles. The molecule has 0 N–H and O–H groups in total. The van der Waals surface area contributed by atoms with Gasteiger partial charge in [0.2, 0.25) is 0 Å². The number of allylic oxidation sites excluding steroid dienone is 2. The van der Waals surface area contributed by atoms with Gasteiger partial charge in [-0.25, -0.2) is 0 Å². The molecule has 1 aliphatic heterocycles. The van der Waals surface area contributed by atoms with Crippen molar-refractivity contribution in [1.82, 2.24) is 4.90 Å². The van der Waals surface area contributed by atoms with E-state index in [2.05, 4.69) is 0 Å². The fourth-order valence-electron chi connectivity index (χ4n) is 2.54. The van der Waals surface area contributed by atoms with Gasteiger partial charge in [-0.15, -0.1) is 0 Å². The van der Waals surface area contributed by atoms with Gasteiger partial charge in [-0.3, -0.25) is 9.59 Å². The number of Topliss-reactive ketones (excluding diaryl/α,β-unsaturated/α-hetero) is 2. The molecule has 0 fully saturated rings. The maximum absolute atomic E-state index is 12.0. The molecule has 0 amide bonds. The second kappa shape index (κ2) is 5.95. The summed E-state index contributed by atoms with van der Waals surface area (Å²) in [6.07, 6.45) is 3.56. The van der Waals surface area contributed by atoms with E-state index in [1.807, 2.05) is 31.3 Å². The molecule has 0 spiro atoms. The summed E-state index contributed by atoms with van der Waals surface area (Å²) in [5.74, 6) is 0.361. The number of ketones is 2. The van der Waals surface area contributed by atoms with Crippen molar-refractivity contribution in [3.05, 3.63) is 53.4 Å². The quantitative estimate of drug-likeness (QED) is 0.853. The lowest BCUT2D eigenvalue weighted by atomic mass is 9.80. The van der Waals surface area contributed by atoms with E-state index in [1.54, 1.807) is 24.4 Å². The number of benzene rings is 1. The molecule has 0 atom stereocenters. The number of ether oxygens (including phenoxy) is 1. The number of carbonyl (C=O) groups excluding carboxylic acids is 2. The van der Waals surface area contributed by atoms with Crippen LogP contribution in [0.5, 0.6) is 5.75 Å². The highest BCUT2D eigenvalue weighted by Crippen LogP contribution is 2.36. The van der Waals surface area contributed by atoms with Crippen molar-refractivity contribution in [3.8, 4) is 5.75 Å². The number of methoxy groups -OCH3 is 1. The predicted molar refractivity (Wildman–Crippen MR) is 81.0 cm³/mol. The molecule has 1 aromatic rings. The second-order valence-electron chi connectivity index (χ2n) is 5.15. The molecular weight excluding hydrogens is 266 g/mol. The van der Waals surface area contributed by atoms with Crippen LogP contribution in [0.25, 0.3) is 0 Å². The molecule has 2 rings (SSSR count). The number of carbonyl (C=O) groups is 2. The highest BCUT2D eigenvalue weighted by molar-refractivity contribution is 6.02. The minimum Gasteiger partial charge on any atom is -0.497 e. The van der Waals surface area contributed by atoms with Crippen LogP contribution >= 0.6 is 0 Å². The van der Waals surface area contributed by atoms with E-state index in [0.717, 1.165) is 11.3 Å². The Morgan fingerprint density at radius 2 is 1.48 bits per heavy atom. The SMILES string of the molecule is COc1ccc(C2C(C(C)=O)=CN(C)C=C2C(C)=O)cc1. The lowest BCUT2D eigenvalue weighted by Gasteiger charge is -2.28. The monoisotopic (exact) mass is 285 g/mol. The molecule has 0 saturated heterocycles. The summed E-state index contributed by atoms with van der Waals surface area (Å²) < 4.78 is 5.15. The molecule has 1 aromatic carbocycles. The second-order valence-corrected chi connectivity index (χ2v) is 5.15. The number of nitrogens with zero attached hydrogens (tertiary/aromatic N) is 1. The van der Waals surface area contributed by atoms with Gasteiger partial charge in [0.25, 0.3) is 0 Å². The van der Waals surface area contributed by atoms with Gasteiger partial charge in [-0.05, 0) is 31.5 Å². The van der Waals surface area contributed by atoms with Gasteiger partial charge in [0.1, 0.15) is 5.75 Å². The van der Waals surface area contributed by atoms with E-state index >= 15 is 0 Å². The maximum atomic E-state index is 12.0. The molecule has 0 radical (unpaired) electrons. The van der Waals surface area contributed by atoms with Crippen LogP contribution in [0, 0.1) is 0 Å². The molecule has 110 valence electrons. The van der Waals surface area contributed by atoms with Gasteiger partial charge in [0.15, 0.2) is 11.6 Å². The summed E-state index contributed by atoms with van der Waals surface area (Å²) in [5, 5.41) is 0. The van der Waals surface area contributed by atoms with Crippen molar-refractivity contribution in [3.63, 3.8) is 0 Å². The van der Waals surface area contributed by atoms with E-state index in [9.17, 15) is 9.59 Å². The Morgan fingerprint density at radius 1 is 1.00 bits per heavy atom. The topological polar surface area (TPSA) is 46.6 Å². The van der Waals surface area contributed by atoms with Crippen molar-refractivity contribution in [1.29, 1.82) is 0 Å². The van der Waals surface area contributed by atoms with Crippen LogP contribution in [0.4, 0.5) is 0 Å². The maximum Gasteiger partial charge on any atom is 0.158 e. The van der Waals surface area contributed by atoms with Crippen molar-refractivity contribution in [2.75, 3.05) is 14.2 Å². The van der Waals surface area contributed by atoms with E-state index < -0.39 is 0 Å². The first kappa shape index (κ1) is 15.0. The highest BCUT2D eigenvalue weighted by atomic mass is 16.5. The summed E-state index contributed by atoms with van der Waals surface area (Å²) in [6, 6.07) is 7.46. The minimum absolute atomic E-state index is 0.0329. The van der Waals surface area contributed by atoms with Gasteiger partial charge in [0, 0.05) is 36.5 Å². The fraction of sp³-hybridized carbons (Fsp3) is 0.294. The van der Waals surface area contributed by atoms with E-state index in [4.69, 9.17) is 4.74 Å². The molecule has 1 aliphatic rings. The molecule has 0 bridgehead atoms. The largest absolute Gasteiger partial charge is 0.497 e. The standard InChI is InChI=1S/C17H19NO3/c1-11(19)15-9-18(3)10-16(12(2)20)17(15)13-5-7-14(21-4)8-6-13/h5-10,17H,1-4H3. The summed E-state index contributed by atoms with van der Waals surface area (Å²) >= 11 is 0. The summed E-state index contributed by atoms with van der Waals surface area (Å²) in [7, 11) is 3.42. The normalized spacial score (nSPS) is 15.3. The van der Waals surface area contributed by atoms with Crippen LogP contribution in [0.1, 0.15) is 25.3 Å². The van der Waals surface area contributed by atoms with Crippen LogP contribution in [0.15, 0.2) is 47.8 Å². The third-order valence-corrected chi connectivity index (χ3v) is 3.57. The molecule has 0 unspecified atom stereocenters. The lowest BCUT2D eigenvalue weighted by Crippen LogP contribution is -2.24. The first-order valence-electron chi connectivity index (χ1n) is 6.75. The van der Waals surface area contributed by atoms with Crippen LogP contribution in [0.3, 0.4) is 0 Å². The molecule has 21 heavy (non-hydrogen) atoms. The average Bonchev–Trinajstić information content (AvgIpc) is 2.46. The van der Waals surface area contributed by atoms with Crippen LogP contribution < -0.4 is 4.74 Å². The van der Waals surface area contributed by atoms with Gasteiger partial charge >= 0.3 is 0 Å². The van der Waals surface area contributed by atoms with E-state index in [1.165, 1.54) is 13.8 Å². The molecule has 4 heteroatoms. The van der Waals surface area contributed by atoms with E-state index in [0.29, 0.717) is 11.1 Å². The third kappa shape index (κ3) is 3.05. The van der Waals surface area contributed by atoms with Gasteiger partial charge < -0.3 is 9.64 Å². The number of rotatable bonds is 4. The molecular formula is C17H19NO3. The molecule has 0 saturated carbocycles. The van der Waals surface area contributed by atoms with Crippen molar-refractivity contribution in [2.45, 2.75) is 19.8 Å². The third-order valence-electron chi connectivity index (χ3n) is 3.57. The van der Waals surface area contributed by atoms with Crippen molar-refractivity contribution < 1.29 is 14.3 Å². The van der Waals surface area contributed by atoms with Crippen molar-refractivity contribution >= 4 is 11.6 Å². The minimum atomic E-state index is -0.317. The Hall–Kier alpha value is -2.36. The van der Waals surface area contributed by atoms with Gasteiger partial charge in [-0.1, -0.05) is 12.1 Å². The fourth-order valence-corrected chi connectivity index (χ4v) is 2.54. The lowest BCUT2D eigenvalue weighted by molar-refractivity contribution is -0.114. The smallest absolute Gasteiger partial charge is 0.158 e. The Bertz CT molecular complexity index is 594. The summed E-state index contributed by atoms with van der Waals surface area (Å²) in [6.45, 7) is 3.05. The zero-order valence-electron chi connectivity index (χ0n) is 12.7. The van der Waals surface area contributed by atoms with Crippen LogP contribution in [0.2, 0.25) is 0 Å². The number of hydrogen-bond donors (Lipinski definition) is 0.